The molecule has 0 radical (unpaired) electrons. The summed E-state index contributed by atoms with van der Waals surface area (Å²) in [5, 5.41) is 19.5. The third-order valence-electron chi connectivity index (χ3n) is 3.20. The van der Waals surface area contributed by atoms with Crippen LogP contribution >= 0.6 is 0 Å². The van der Waals surface area contributed by atoms with Gasteiger partial charge >= 0.3 is 0 Å². The molecule has 0 spiro atoms. The Labute approximate surface area is 113 Å². The van der Waals surface area contributed by atoms with Gasteiger partial charge in [-0.2, -0.15) is 5.10 Å². The maximum atomic E-state index is 9.02. The predicted octanol–water partition coefficient (Wildman–Crippen LogP) is 2.23. The lowest BCUT2D eigenvalue weighted by Gasteiger charge is -2.25. The second kappa shape index (κ2) is 5.59. The first-order valence-electron chi connectivity index (χ1n) is 6.47. The molecule has 2 heterocycles. The van der Waals surface area contributed by atoms with E-state index in [2.05, 4.69) is 29.4 Å². The summed E-state index contributed by atoms with van der Waals surface area (Å²) in [6.07, 6.45) is 2.51. The molecule has 19 heavy (non-hydrogen) atoms. The standard InChI is InChI=1S/C14H21N3O2/c1-10-4-5-12(19-10)13-11(9-16-17-13)8-15-14(2,3)6-7-18/h4-5,9,15,18H,6-8H2,1-3H3,(H,16,17). The molecule has 0 fully saturated rings. The first-order valence-corrected chi connectivity index (χ1v) is 6.47. The number of aromatic nitrogens is 2. The molecule has 3 N–H and O–H groups in total. The number of aryl methyl sites for hydroxylation is 1. The van der Waals surface area contributed by atoms with Crippen LogP contribution in [0.15, 0.2) is 22.7 Å². The summed E-state index contributed by atoms with van der Waals surface area (Å²) in [4.78, 5) is 0. The zero-order chi connectivity index (χ0) is 13.9. The summed E-state index contributed by atoms with van der Waals surface area (Å²) in [5.74, 6) is 1.68. The molecule has 0 bridgehead atoms. The number of H-pyrrole nitrogens is 1. The summed E-state index contributed by atoms with van der Waals surface area (Å²) >= 11 is 0. The van der Waals surface area contributed by atoms with E-state index in [1.165, 1.54) is 0 Å². The molecule has 0 saturated carbocycles. The molecule has 2 aromatic rings. The highest BCUT2D eigenvalue weighted by molar-refractivity contribution is 5.56. The van der Waals surface area contributed by atoms with Crippen molar-refractivity contribution in [3.63, 3.8) is 0 Å². The molecule has 104 valence electrons. The van der Waals surface area contributed by atoms with Crippen molar-refractivity contribution in [2.45, 2.75) is 39.3 Å². The van der Waals surface area contributed by atoms with Crippen LogP contribution in [0.4, 0.5) is 0 Å². The molecule has 0 aliphatic heterocycles. The Balaban J connectivity index is 2.08. The minimum absolute atomic E-state index is 0.109. The first kappa shape index (κ1) is 13.8. The zero-order valence-electron chi connectivity index (χ0n) is 11.7. The number of nitrogens with zero attached hydrogens (tertiary/aromatic N) is 1. The van der Waals surface area contributed by atoms with Crippen molar-refractivity contribution in [1.29, 1.82) is 0 Å². The third-order valence-corrected chi connectivity index (χ3v) is 3.20. The van der Waals surface area contributed by atoms with Gasteiger partial charge in [0.15, 0.2) is 5.76 Å². The maximum absolute atomic E-state index is 9.02. The Kier molecular flexibility index (Phi) is 4.07. The quantitative estimate of drug-likeness (QED) is 0.747. The number of aromatic amines is 1. The molecule has 0 amide bonds. The second-order valence-electron chi connectivity index (χ2n) is 5.39. The highest BCUT2D eigenvalue weighted by Crippen LogP contribution is 2.23. The van der Waals surface area contributed by atoms with Crippen LogP contribution in [0.3, 0.4) is 0 Å². The van der Waals surface area contributed by atoms with Crippen molar-refractivity contribution < 1.29 is 9.52 Å². The van der Waals surface area contributed by atoms with Gasteiger partial charge in [-0.25, -0.2) is 0 Å². The van der Waals surface area contributed by atoms with E-state index in [1.807, 2.05) is 19.1 Å². The Hall–Kier alpha value is -1.59. The van der Waals surface area contributed by atoms with Gasteiger partial charge in [0.25, 0.3) is 0 Å². The van der Waals surface area contributed by atoms with E-state index in [-0.39, 0.29) is 12.1 Å². The summed E-state index contributed by atoms with van der Waals surface area (Å²) in [7, 11) is 0. The van der Waals surface area contributed by atoms with E-state index < -0.39 is 0 Å². The molecule has 0 saturated heterocycles. The normalized spacial score (nSPS) is 12.0. The van der Waals surface area contributed by atoms with Crippen LogP contribution in [-0.2, 0) is 6.54 Å². The van der Waals surface area contributed by atoms with Gasteiger partial charge in [0.05, 0.1) is 6.20 Å². The number of aliphatic hydroxyl groups excluding tert-OH is 1. The van der Waals surface area contributed by atoms with Gasteiger partial charge in [0.1, 0.15) is 11.5 Å². The van der Waals surface area contributed by atoms with Gasteiger partial charge in [-0.15, -0.1) is 0 Å². The largest absolute Gasteiger partial charge is 0.460 e. The molecule has 0 unspecified atom stereocenters. The molecule has 5 nitrogen and oxygen atoms in total. The molecular weight excluding hydrogens is 242 g/mol. The van der Waals surface area contributed by atoms with Gasteiger partial charge in [0, 0.05) is 24.3 Å². The van der Waals surface area contributed by atoms with E-state index in [0.717, 1.165) is 22.8 Å². The average Bonchev–Trinajstić information content (AvgIpc) is 2.94. The van der Waals surface area contributed by atoms with Crippen molar-refractivity contribution in [2.75, 3.05) is 6.61 Å². The minimum atomic E-state index is -0.109. The van der Waals surface area contributed by atoms with Gasteiger partial charge in [-0.3, -0.25) is 5.10 Å². The second-order valence-corrected chi connectivity index (χ2v) is 5.39. The average molecular weight is 263 g/mol. The lowest BCUT2D eigenvalue weighted by molar-refractivity contribution is 0.230. The molecule has 0 atom stereocenters. The van der Waals surface area contributed by atoms with Crippen LogP contribution in [0.2, 0.25) is 0 Å². The van der Waals surface area contributed by atoms with Crippen LogP contribution in [0.1, 0.15) is 31.6 Å². The van der Waals surface area contributed by atoms with Crippen LogP contribution in [0.5, 0.6) is 0 Å². The van der Waals surface area contributed by atoms with Crippen LogP contribution in [-0.4, -0.2) is 27.4 Å². The summed E-state index contributed by atoms with van der Waals surface area (Å²) in [6, 6.07) is 3.87. The summed E-state index contributed by atoms with van der Waals surface area (Å²) in [5.41, 5.74) is 1.85. The minimum Gasteiger partial charge on any atom is -0.460 e. The van der Waals surface area contributed by atoms with Crippen LogP contribution in [0, 0.1) is 6.92 Å². The molecule has 5 heteroatoms. The van der Waals surface area contributed by atoms with Gasteiger partial charge in [-0.05, 0) is 39.3 Å². The van der Waals surface area contributed by atoms with Crippen molar-refractivity contribution in [3.8, 4) is 11.5 Å². The molecule has 0 aliphatic rings. The fraction of sp³-hybridized carbons (Fsp3) is 0.500. The number of hydrogen-bond donors (Lipinski definition) is 3. The highest BCUT2D eigenvalue weighted by Gasteiger charge is 2.18. The van der Waals surface area contributed by atoms with E-state index in [1.54, 1.807) is 6.20 Å². The number of rotatable bonds is 6. The molecule has 2 rings (SSSR count). The number of nitrogens with one attached hydrogen (secondary N) is 2. The zero-order valence-corrected chi connectivity index (χ0v) is 11.7. The van der Waals surface area contributed by atoms with Crippen molar-refractivity contribution in [3.05, 3.63) is 29.7 Å². The fourth-order valence-corrected chi connectivity index (χ4v) is 1.93. The van der Waals surface area contributed by atoms with Crippen molar-refractivity contribution in [2.24, 2.45) is 0 Å². The number of aliphatic hydroxyl groups is 1. The number of hydrogen-bond acceptors (Lipinski definition) is 4. The van der Waals surface area contributed by atoms with E-state index in [0.29, 0.717) is 13.0 Å². The van der Waals surface area contributed by atoms with E-state index in [9.17, 15) is 0 Å². The summed E-state index contributed by atoms with van der Waals surface area (Å²) in [6.45, 7) is 6.91. The van der Waals surface area contributed by atoms with Crippen molar-refractivity contribution >= 4 is 0 Å². The fourth-order valence-electron chi connectivity index (χ4n) is 1.93. The maximum Gasteiger partial charge on any atom is 0.152 e. The van der Waals surface area contributed by atoms with Gasteiger partial charge in [-0.1, -0.05) is 0 Å². The number of furan rings is 1. The Morgan fingerprint density at radius 1 is 1.42 bits per heavy atom. The van der Waals surface area contributed by atoms with Crippen LogP contribution < -0.4 is 5.32 Å². The molecule has 2 aromatic heterocycles. The molecular formula is C14H21N3O2. The smallest absolute Gasteiger partial charge is 0.152 e. The van der Waals surface area contributed by atoms with Crippen LogP contribution in [0.25, 0.3) is 11.5 Å². The predicted molar refractivity (Wildman–Crippen MR) is 73.6 cm³/mol. The van der Waals surface area contributed by atoms with Gasteiger partial charge < -0.3 is 14.8 Å². The summed E-state index contributed by atoms with van der Waals surface area (Å²) < 4.78 is 5.61. The Morgan fingerprint density at radius 3 is 2.84 bits per heavy atom. The first-order chi connectivity index (χ1) is 9.02. The Morgan fingerprint density at radius 2 is 2.21 bits per heavy atom. The SMILES string of the molecule is Cc1ccc(-c2[nH]ncc2CNC(C)(C)CCO)o1. The lowest BCUT2D eigenvalue weighted by Crippen LogP contribution is -2.39. The lowest BCUT2D eigenvalue weighted by atomic mass is 10.0. The Bertz CT molecular complexity index is 528. The van der Waals surface area contributed by atoms with Crippen molar-refractivity contribution in [1.82, 2.24) is 15.5 Å². The van der Waals surface area contributed by atoms with E-state index >= 15 is 0 Å². The third kappa shape index (κ3) is 3.45. The van der Waals surface area contributed by atoms with E-state index in [4.69, 9.17) is 9.52 Å². The highest BCUT2D eigenvalue weighted by atomic mass is 16.3. The molecule has 0 aromatic carbocycles. The van der Waals surface area contributed by atoms with Gasteiger partial charge in [0.2, 0.25) is 0 Å². The monoisotopic (exact) mass is 263 g/mol. The molecule has 0 aliphatic carbocycles. The topological polar surface area (TPSA) is 74.1 Å².